The zero-order chi connectivity index (χ0) is 18.4. The summed E-state index contributed by atoms with van der Waals surface area (Å²) in [6.45, 7) is 1.45. The van der Waals surface area contributed by atoms with E-state index in [0.29, 0.717) is 17.1 Å². The Morgan fingerprint density at radius 1 is 1.15 bits per heavy atom. The van der Waals surface area contributed by atoms with E-state index < -0.39 is 0 Å². The third-order valence-corrected chi connectivity index (χ3v) is 5.67. The predicted octanol–water partition coefficient (Wildman–Crippen LogP) is 4.83. The number of hydrogen-bond acceptors (Lipinski definition) is 2. The van der Waals surface area contributed by atoms with E-state index in [1.807, 2.05) is 18.2 Å². The minimum Gasteiger partial charge on any atom is -0.357 e. The molecule has 0 aliphatic carbocycles. The molecule has 0 saturated carbocycles. The molecule has 0 bridgehead atoms. The number of H-pyrrole nitrogens is 2. The summed E-state index contributed by atoms with van der Waals surface area (Å²) < 4.78 is 14.9. The average molecular weight is 381 g/mol. The number of halogens is 2. The van der Waals surface area contributed by atoms with Gasteiger partial charge in [0.05, 0.1) is 6.04 Å². The molecular weight excluding hydrogens is 363 g/mol. The van der Waals surface area contributed by atoms with Crippen LogP contribution in [0.5, 0.6) is 0 Å². The summed E-state index contributed by atoms with van der Waals surface area (Å²) in [5, 5.41) is 8.69. The van der Waals surface area contributed by atoms with Crippen LogP contribution >= 0.6 is 11.6 Å². The normalized spacial score (nSPS) is 17.3. The molecule has 0 radical (unpaired) electrons. The topological polar surface area (TPSA) is 47.7 Å². The summed E-state index contributed by atoms with van der Waals surface area (Å²) in [4.78, 5) is 5.78. The Hall–Kier alpha value is -2.63. The zero-order valence-corrected chi connectivity index (χ0v) is 15.3. The molecule has 5 rings (SSSR count). The Bertz CT molecular complexity index is 1080. The van der Waals surface area contributed by atoms with Crippen molar-refractivity contribution in [2.45, 2.75) is 19.0 Å². The molecular formula is C21H18ClFN4. The number of benzene rings is 2. The molecule has 0 saturated heterocycles. The molecule has 1 aliphatic rings. The Morgan fingerprint density at radius 3 is 2.85 bits per heavy atom. The summed E-state index contributed by atoms with van der Waals surface area (Å²) in [6.07, 6.45) is 2.63. The van der Waals surface area contributed by atoms with Crippen molar-refractivity contribution in [3.63, 3.8) is 0 Å². The van der Waals surface area contributed by atoms with Crippen LogP contribution in [0.1, 0.15) is 28.6 Å². The van der Waals surface area contributed by atoms with Gasteiger partial charge in [-0.25, -0.2) is 4.39 Å². The van der Waals surface area contributed by atoms with Gasteiger partial charge in [-0.05, 0) is 36.2 Å². The lowest BCUT2D eigenvalue weighted by atomic mass is 9.92. The van der Waals surface area contributed by atoms with Gasteiger partial charge in [-0.1, -0.05) is 35.9 Å². The quantitative estimate of drug-likeness (QED) is 0.534. The van der Waals surface area contributed by atoms with Crippen molar-refractivity contribution in [2.24, 2.45) is 0 Å². The first kappa shape index (κ1) is 16.5. The highest BCUT2D eigenvalue weighted by Crippen LogP contribution is 2.42. The molecule has 1 atom stereocenters. The summed E-state index contributed by atoms with van der Waals surface area (Å²) >= 11 is 6.47. The molecule has 4 nitrogen and oxygen atoms in total. The summed E-state index contributed by atoms with van der Waals surface area (Å²) in [6, 6.07) is 14.8. The molecule has 0 amide bonds. The maximum Gasteiger partial charge on any atom is 0.129 e. The maximum atomic E-state index is 14.9. The molecule has 1 aliphatic heterocycles. The first-order valence-corrected chi connectivity index (χ1v) is 9.36. The van der Waals surface area contributed by atoms with Gasteiger partial charge in [-0.3, -0.25) is 10.00 Å². The Balaban J connectivity index is 1.70. The minimum absolute atomic E-state index is 0.279. The summed E-state index contributed by atoms with van der Waals surface area (Å²) in [5.74, 6) is -0.284. The van der Waals surface area contributed by atoms with Crippen molar-refractivity contribution >= 4 is 22.5 Å². The second-order valence-corrected chi connectivity index (χ2v) is 7.31. The standard InChI is InChI=1S/C21H18ClFN4/c22-16-5-3-6-17(23)19(16)21-20-15(14-4-1-2-7-18(14)25-20)9-11-27(21)12-13-8-10-24-26-13/h1-8,10,21,25H,9,11-12H2,(H,24,26). The molecule has 2 aromatic heterocycles. The lowest BCUT2D eigenvalue weighted by Crippen LogP contribution is -2.36. The third kappa shape index (κ3) is 2.74. The van der Waals surface area contributed by atoms with Gasteiger partial charge in [-0.2, -0.15) is 5.10 Å². The molecule has 2 N–H and O–H groups in total. The monoisotopic (exact) mass is 380 g/mol. The van der Waals surface area contributed by atoms with Crippen molar-refractivity contribution < 1.29 is 4.39 Å². The van der Waals surface area contributed by atoms with Gasteiger partial charge in [0.1, 0.15) is 5.82 Å². The van der Waals surface area contributed by atoms with Crippen LogP contribution in [0.25, 0.3) is 10.9 Å². The highest BCUT2D eigenvalue weighted by Gasteiger charge is 2.34. The summed E-state index contributed by atoms with van der Waals surface area (Å²) in [7, 11) is 0. The van der Waals surface area contributed by atoms with Crippen molar-refractivity contribution in [1.29, 1.82) is 0 Å². The number of nitrogens with zero attached hydrogens (tertiary/aromatic N) is 2. The summed E-state index contributed by atoms with van der Waals surface area (Å²) in [5.41, 5.74) is 4.85. The molecule has 0 spiro atoms. The van der Waals surface area contributed by atoms with Gasteiger partial charge in [0.2, 0.25) is 0 Å². The Kier molecular flexibility index (Phi) is 3.99. The van der Waals surface area contributed by atoms with Crippen LogP contribution in [0.3, 0.4) is 0 Å². The van der Waals surface area contributed by atoms with Crippen molar-refractivity contribution in [3.05, 3.63) is 88.1 Å². The van der Waals surface area contributed by atoms with Crippen molar-refractivity contribution in [3.8, 4) is 0 Å². The van der Waals surface area contributed by atoms with Crippen LogP contribution < -0.4 is 0 Å². The second kappa shape index (κ2) is 6.51. The van der Waals surface area contributed by atoms with Gasteiger partial charge in [0.25, 0.3) is 0 Å². The fourth-order valence-corrected chi connectivity index (χ4v) is 4.42. The fourth-order valence-electron chi connectivity index (χ4n) is 4.15. The highest BCUT2D eigenvalue weighted by atomic mass is 35.5. The van der Waals surface area contributed by atoms with E-state index in [4.69, 9.17) is 11.6 Å². The van der Waals surface area contributed by atoms with Crippen molar-refractivity contribution in [1.82, 2.24) is 20.1 Å². The molecule has 3 heterocycles. The predicted molar refractivity (Wildman–Crippen MR) is 104 cm³/mol. The van der Waals surface area contributed by atoms with Crippen molar-refractivity contribution in [2.75, 3.05) is 6.54 Å². The van der Waals surface area contributed by atoms with Crippen LogP contribution in [0.2, 0.25) is 5.02 Å². The smallest absolute Gasteiger partial charge is 0.129 e. The fraction of sp³-hybridized carbons (Fsp3) is 0.190. The average Bonchev–Trinajstić information content (AvgIpc) is 3.30. The largest absolute Gasteiger partial charge is 0.357 e. The maximum absolute atomic E-state index is 14.9. The van der Waals surface area contributed by atoms with E-state index in [9.17, 15) is 4.39 Å². The lowest BCUT2D eigenvalue weighted by Gasteiger charge is -2.36. The molecule has 136 valence electrons. The molecule has 27 heavy (non-hydrogen) atoms. The van der Waals surface area contributed by atoms with E-state index in [0.717, 1.165) is 29.9 Å². The number of nitrogens with one attached hydrogen (secondary N) is 2. The molecule has 1 unspecified atom stereocenters. The van der Waals surface area contributed by atoms with Crippen LogP contribution in [0.4, 0.5) is 4.39 Å². The Morgan fingerprint density at radius 2 is 2.04 bits per heavy atom. The molecule has 4 aromatic rings. The number of aromatic nitrogens is 3. The molecule has 6 heteroatoms. The second-order valence-electron chi connectivity index (χ2n) is 6.90. The number of rotatable bonds is 3. The van der Waals surface area contributed by atoms with Gasteiger partial charge >= 0.3 is 0 Å². The molecule has 0 fully saturated rings. The lowest BCUT2D eigenvalue weighted by molar-refractivity contribution is 0.196. The van der Waals surface area contributed by atoms with E-state index in [1.54, 1.807) is 18.3 Å². The van der Waals surface area contributed by atoms with E-state index in [2.05, 4.69) is 32.2 Å². The van der Waals surface area contributed by atoms with E-state index >= 15 is 0 Å². The Labute approximate surface area is 161 Å². The van der Waals surface area contributed by atoms with E-state index in [-0.39, 0.29) is 11.9 Å². The van der Waals surface area contributed by atoms with Gasteiger partial charge in [-0.15, -0.1) is 0 Å². The minimum atomic E-state index is -0.284. The van der Waals surface area contributed by atoms with Crippen LogP contribution in [0.15, 0.2) is 54.7 Å². The highest BCUT2D eigenvalue weighted by molar-refractivity contribution is 6.31. The van der Waals surface area contributed by atoms with Gasteiger partial charge in [0.15, 0.2) is 0 Å². The van der Waals surface area contributed by atoms with Gasteiger partial charge in [0, 0.05) is 52.2 Å². The third-order valence-electron chi connectivity index (χ3n) is 5.34. The van der Waals surface area contributed by atoms with Crippen LogP contribution in [-0.2, 0) is 13.0 Å². The first-order chi connectivity index (χ1) is 13.2. The number of hydrogen-bond donors (Lipinski definition) is 2. The number of para-hydroxylation sites is 1. The van der Waals surface area contributed by atoms with Crippen LogP contribution in [0, 0.1) is 5.82 Å². The SMILES string of the molecule is Fc1cccc(Cl)c1C1c2[nH]c3ccccc3c2CCN1Cc1ccn[nH]1. The first-order valence-electron chi connectivity index (χ1n) is 8.98. The van der Waals surface area contributed by atoms with E-state index in [1.165, 1.54) is 17.0 Å². The molecule has 2 aromatic carbocycles. The van der Waals surface area contributed by atoms with Gasteiger partial charge < -0.3 is 4.98 Å². The number of fused-ring (bicyclic) bond motifs is 3. The zero-order valence-electron chi connectivity index (χ0n) is 14.5. The number of aromatic amines is 2. The van der Waals surface area contributed by atoms with Crippen LogP contribution in [-0.4, -0.2) is 26.6 Å².